The fourth-order valence-corrected chi connectivity index (χ4v) is 5.92. The van der Waals surface area contributed by atoms with Crippen LogP contribution in [-0.2, 0) is 16.4 Å². The number of aromatic nitrogens is 1. The van der Waals surface area contributed by atoms with Gasteiger partial charge >= 0.3 is 0 Å². The predicted octanol–water partition coefficient (Wildman–Crippen LogP) is 6.02. The van der Waals surface area contributed by atoms with Crippen molar-refractivity contribution in [2.75, 3.05) is 31.1 Å². The van der Waals surface area contributed by atoms with Gasteiger partial charge in [-0.25, -0.2) is 8.42 Å². The molecule has 1 aliphatic rings. The van der Waals surface area contributed by atoms with Crippen molar-refractivity contribution in [3.05, 3.63) is 93.4 Å². The SMILES string of the molecule is O=S(=O)(c1ccc(Br)cc1)c1nc(-c2ccc(Br)cc2)oc1N1CCN(Cc2ccccc2)CC1. The number of rotatable bonds is 6. The summed E-state index contributed by atoms with van der Waals surface area (Å²) in [4.78, 5) is 9.04. The highest BCUT2D eigenvalue weighted by atomic mass is 79.9. The summed E-state index contributed by atoms with van der Waals surface area (Å²) >= 11 is 6.80. The molecule has 5 rings (SSSR count). The number of benzene rings is 3. The lowest BCUT2D eigenvalue weighted by molar-refractivity contribution is 0.245. The molecule has 35 heavy (non-hydrogen) atoms. The molecule has 0 spiro atoms. The van der Waals surface area contributed by atoms with Crippen molar-refractivity contribution in [2.24, 2.45) is 0 Å². The first-order valence-electron chi connectivity index (χ1n) is 11.2. The normalized spacial score (nSPS) is 14.9. The van der Waals surface area contributed by atoms with Crippen LogP contribution in [-0.4, -0.2) is 44.5 Å². The van der Waals surface area contributed by atoms with Gasteiger partial charge in [-0.2, -0.15) is 4.98 Å². The highest BCUT2D eigenvalue weighted by Crippen LogP contribution is 2.35. The molecule has 180 valence electrons. The van der Waals surface area contributed by atoms with Crippen molar-refractivity contribution in [3.63, 3.8) is 0 Å². The van der Waals surface area contributed by atoms with E-state index in [0.29, 0.717) is 19.0 Å². The van der Waals surface area contributed by atoms with E-state index in [1.165, 1.54) is 5.56 Å². The van der Waals surface area contributed by atoms with Gasteiger partial charge in [0, 0.05) is 47.2 Å². The zero-order valence-electron chi connectivity index (χ0n) is 18.8. The van der Waals surface area contributed by atoms with E-state index in [4.69, 9.17) is 4.42 Å². The number of sulfone groups is 1. The van der Waals surface area contributed by atoms with Gasteiger partial charge in [-0.05, 0) is 54.1 Å². The predicted molar refractivity (Wildman–Crippen MR) is 143 cm³/mol. The van der Waals surface area contributed by atoms with Gasteiger partial charge in [0.2, 0.25) is 26.6 Å². The second-order valence-electron chi connectivity index (χ2n) is 8.34. The molecule has 1 aromatic heterocycles. The first kappa shape index (κ1) is 24.2. The Morgan fingerprint density at radius 1 is 0.800 bits per heavy atom. The largest absolute Gasteiger partial charge is 0.419 e. The van der Waals surface area contributed by atoms with E-state index in [1.807, 2.05) is 47.4 Å². The zero-order chi connectivity index (χ0) is 24.4. The highest BCUT2D eigenvalue weighted by molar-refractivity contribution is 9.10. The van der Waals surface area contributed by atoms with Gasteiger partial charge in [0.05, 0.1) is 4.90 Å². The van der Waals surface area contributed by atoms with E-state index in [9.17, 15) is 8.42 Å². The molecule has 9 heteroatoms. The molecule has 0 atom stereocenters. The number of anilines is 1. The van der Waals surface area contributed by atoms with Crippen LogP contribution in [0.2, 0.25) is 0 Å². The second kappa shape index (κ2) is 10.3. The Morgan fingerprint density at radius 3 is 2.03 bits per heavy atom. The third-order valence-corrected chi connectivity index (χ3v) is 8.68. The summed E-state index contributed by atoms with van der Waals surface area (Å²) < 4.78 is 35.1. The summed E-state index contributed by atoms with van der Waals surface area (Å²) in [6, 6.07) is 24.4. The van der Waals surface area contributed by atoms with Crippen LogP contribution < -0.4 is 4.90 Å². The number of hydrogen-bond donors (Lipinski definition) is 0. The Kier molecular flexibility index (Phi) is 7.11. The maximum absolute atomic E-state index is 13.6. The van der Waals surface area contributed by atoms with E-state index in [-0.39, 0.29) is 15.8 Å². The monoisotopic (exact) mass is 615 g/mol. The lowest BCUT2D eigenvalue weighted by atomic mass is 10.2. The smallest absolute Gasteiger partial charge is 0.236 e. The number of piperazine rings is 1. The lowest BCUT2D eigenvalue weighted by Crippen LogP contribution is -2.46. The second-order valence-corrected chi connectivity index (χ2v) is 12.0. The Morgan fingerprint density at radius 2 is 1.40 bits per heavy atom. The molecule has 0 unspecified atom stereocenters. The van der Waals surface area contributed by atoms with Gasteiger partial charge < -0.3 is 9.32 Å². The van der Waals surface area contributed by atoms with Gasteiger partial charge in [-0.1, -0.05) is 62.2 Å². The molecule has 4 aromatic rings. The summed E-state index contributed by atoms with van der Waals surface area (Å²) in [6.07, 6.45) is 0. The van der Waals surface area contributed by atoms with Crippen LogP contribution in [0.1, 0.15) is 5.56 Å². The van der Waals surface area contributed by atoms with E-state index in [1.54, 1.807) is 24.3 Å². The van der Waals surface area contributed by atoms with Crippen molar-refractivity contribution in [1.82, 2.24) is 9.88 Å². The standard InChI is InChI=1S/C26H23Br2N3O3S/c27-21-8-6-20(7-9-21)24-29-25(35(32,33)23-12-10-22(28)11-13-23)26(34-24)31-16-14-30(15-17-31)18-19-4-2-1-3-5-19/h1-13H,14-18H2. The van der Waals surface area contributed by atoms with Crippen molar-refractivity contribution >= 4 is 47.6 Å². The number of halogens is 2. The number of oxazole rings is 1. The summed E-state index contributed by atoms with van der Waals surface area (Å²) in [5.41, 5.74) is 1.98. The summed E-state index contributed by atoms with van der Waals surface area (Å²) in [7, 11) is -3.88. The minimum Gasteiger partial charge on any atom is -0.419 e. The summed E-state index contributed by atoms with van der Waals surface area (Å²) in [6.45, 7) is 3.73. The zero-order valence-corrected chi connectivity index (χ0v) is 22.8. The van der Waals surface area contributed by atoms with Crippen molar-refractivity contribution in [2.45, 2.75) is 16.5 Å². The molecule has 3 aromatic carbocycles. The fourth-order valence-electron chi connectivity index (χ4n) is 4.06. The first-order valence-corrected chi connectivity index (χ1v) is 14.3. The molecule has 0 radical (unpaired) electrons. The molecule has 0 aliphatic carbocycles. The number of nitrogens with zero attached hydrogens (tertiary/aromatic N) is 3. The highest BCUT2D eigenvalue weighted by Gasteiger charge is 2.32. The lowest BCUT2D eigenvalue weighted by Gasteiger charge is -2.34. The van der Waals surface area contributed by atoms with E-state index in [2.05, 4.69) is 53.9 Å². The summed E-state index contributed by atoms with van der Waals surface area (Å²) in [5.74, 6) is 0.583. The van der Waals surface area contributed by atoms with Crippen LogP contribution >= 0.6 is 31.9 Å². The third-order valence-electron chi connectivity index (χ3n) is 5.96. The summed E-state index contributed by atoms with van der Waals surface area (Å²) in [5, 5.41) is -0.0470. The van der Waals surface area contributed by atoms with Crippen LogP contribution in [0.25, 0.3) is 11.5 Å². The van der Waals surface area contributed by atoms with Crippen LogP contribution in [0, 0.1) is 0 Å². The molecule has 1 saturated heterocycles. The Labute approximate surface area is 221 Å². The molecule has 0 amide bonds. The Hall–Kier alpha value is -2.46. The molecular weight excluding hydrogens is 594 g/mol. The molecule has 0 bridgehead atoms. The van der Waals surface area contributed by atoms with Crippen LogP contribution in [0.3, 0.4) is 0 Å². The van der Waals surface area contributed by atoms with Gasteiger partial charge in [0.15, 0.2) is 0 Å². The molecule has 1 fully saturated rings. The van der Waals surface area contributed by atoms with Crippen LogP contribution in [0.5, 0.6) is 0 Å². The van der Waals surface area contributed by atoms with Crippen molar-refractivity contribution in [3.8, 4) is 11.5 Å². The van der Waals surface area contributed by atoms with Crippen molar-refractivity contribution < 1.29 is 12.8 Å². The van der Waals surface area contributed by atoms with Crippen molar-refractivity contribution in [1.29, 1.82) is 0 Å². The van der Waals surface area contributed by atoms with Gasteiger partial charge in [0.25, 0.3) is 0 Å². The van der Waals surface area contributed by atoms with Crippen LogP contribution in [0.4, 0.5) is 5.88 Å². The molecular formula is C26H23Br2N3O3S. The first-order chi connectivity index (χ1) is 16.9. The number of hydrogen-bond acceptors (Lipinski definition) is 6. The molecule has 0 saturated carbocycles. The maximum atomic E-state index is 13.6. The quantitative estimate of drug-likeness (QED) is 0.264. The fraction of sp³-hybridized carbons (Fsp3) is 0.192. The van der Waals surface area contributed by atoms with Gasteiger partial charge in [-0.3, -0.25) is 4.90 Å². The van der Waals surface area contributed by atoms with E-state index < -0.39 is 9.84 Å². The van der Waals surface area contributed by atoms with Gasteiger partial charge in [0.1, 0.15) is 0 Å². The Balaban J connectivity index is 1.46. The average Bonchev–Trinajstić information content (AvgIpc) is 3.32. The average molecular weight is 617 g/mol. The van der Waals surface area contributed by atoms with E-state index in [0.717, 1.165) is 34.1 Å². The topological polar surface area (TPSA) is 66.7 Å². The minimum atomic E-state index is -3.88. The molecule has 6 nitrogen and oxygen atoms in total. The minimum absolute atomic E-state index is 0.0470. The molecule has 1 aliphatic heterocycles. The molecule has 2 heterocycles. The Bertz CT molecular complexity index is 1400. The van der Waals surface area contributed by atoms with E-state index >= 15 is 0 Å². The van der Waals surface area contributed by atoms with Crippen LogP contribution in [0.15, 0.2) is 102 Å². The maximum Gasteiger partial charge on any atom is 0.236 e. The van der Waals surface area contributed by atoms with Gasteiger partial charge in [-0.15, -0.1) is 0 Å². The molecule has 0 N–H and O–H groups in total. The third kappa shape index (κ3) is 5.38.